The molecule has 0 atom stereocenters. The van der Waals surface area contributed by atoms with Gasteiger partial charge in [-0.2, -0.15) is 5.10 Å². The summed E-state index contributed by atoms with van der Waals surface area (Å²) >= 11 is 0. The van der Waals surface area contributed by atoms with Crippen molar-refractivity contribution in [1.29, 1.82) is 0 Å². The number of carbonyl (C=O) groups excluding carboxylic acids is 1. The van der Waals surface area contributed by atoms with Crippen molar-refractivity contribution in [3.63, 3.8) is 0 Å². The third kappa shape index (κ3) is 4.72. The number of anilines is 2. The quantitative estimate of drug-likeness (QED) is 0.490. The molecule has 4 heterocycles. The predicted octanol–water partition coefficient (Wildman–Crippen LogP) is 3.59. The largest absolute Gasteiger partial charge is 0.340 e. The number of fused-ring (bicyclic) bond motifs is 1. The Labute approximate surface area is 190 Å². The van der Waals surface area contributed by atoms with Crippen LogP contribution in [0.25, 0.3) is 11.4 Å². The third-order valence-electron chi connectivity index (χ3n) is 5.55. The predicted molar refractivity (Wildman–Crippen MR) is 121 cm³/mol. The van der Waals surface area contributed by atoms with Gasteiger partial charge in [-0.3, -0.25) is 14.5 Å². The summed E-state index contributed by atoms with van der Waals surface area (Å²) in [5, 5.41) is 7.45. The van der Waals surface area contributed by atoms with Crippen LogP contribution in [0.5, 0.6) is 0 Å². The van der Waals surface area contributed by atoms with Crippen LogP contribution in [-0.2, 0) is 24.3 Å². The van der Waals surface area contributed by atoms with Crippen LogP contribution in [0.2, 0.25) is 0 Å². The fraction of sp³-hybridized carbons (Fsp3) is 0.208. The van der Waals surface area contributed by atoms with E-state index >= 15 is 0 Å². The Kier molecular flexibility index (Phi) is 5.75. The first-order valence-electron chi connectivity index (χ1n) is 10.7. The Bertz CT molecular complexity index is 1240. The molecule has 1 amide bonds. The summed E-state index contributed by atoms with van der Waals surface area (Å²) in [6, 6.07) is 11.7. The van der Waals surface area contributed by atoms with E-state index in [0.29, 0.717) is 49.8 Å². The Balaban J connectivity index is 1.43. The first-order chi connectivity index (χ1) is 16.2. The number of carbonyl (C=O) groups is 1. The average molecular weight is 443 g/mol. The van der Waals surface area contributed by atoms with Gasteiger partial charge in [0.1, 0.15) is 11.6 Å². The second-order valence-electron chi connectivity index (χ2n) is 7.78. The lowest BCUT2D eigenvalue weighted by Crippen LogP contribution is -2.37. The summed E-state index contributed by atoms with van der Waals surface area (Å²) in [5.41, 5.74) is 3.27. The molecule has 0 fully saturated rings. The highest BCUT2D eigenvalue weighted by Gasteiger charge is 2.26. The monoisotopic (exact) mass is 443 g/mol. The van der Waals surface area contributed by atoms with Gasteiger partial charge in [0.05, 0.1) is 12.2 Å². The molecule has 1 aliphatic heterocycles. The first-order valence-corrected chi connectivity index (χ1v) is 10.7. The molecule has 1 aromatic carbocycles. The number of aryl methyl sites for hydroxylation is 1. The van der Waals surface area contributed by atoms with E-state index in [9.17, 15) is 9.18 Å². The van der Waals surface area contributed by atoms with Crippen molar-refractivity contribution in [1.82, 2.24) is 29.6 Å². The number of benzene rings is 1. The van der Waals surface area contributed by atoms with Crippen LogP contribution in [0.15, 0.2) is 67.3 Å². The van der Waals surface area contributed by atoms with Gasteiger partial charge in [-0.05, 0) is 42.5 Å². The normalized spacial score (nSPS) is 12.9. The highest BCUT2D eigenvalue weighted by molar-refractivity contribution is 5.77. The molecule has 5 rings (SSSR count). The first kappa shape index (κ1) is 20.7. The molecule has 3 aromatic heterocycles. The summed E-state index contributed by atoms with van der Waals surface area (Å²) < 4.78 is 15.1. The van der Waals surface area contributed by atoms with Gasteiger partial charge >= 0.3 is 0 Å². The molecule has 0 radical (unpaired) electrons. The van der Waals surface area contributed by atoms with E-state index in [1.54, 1.807) is 35.4 Å². The molecule has 0 unspecified atom stereocenters. The van der Waals surface area contributed by atoms with Crippen LogP contribution in [0.4, 0.5) is 15.9 Å². The maximum atomic E-state index is 13.4. The number of nitrogens with zero attached hydrogens (tertiary/aromatic N) is 6. The lowest BCUT2D eigenvalue weighted by molar-refractivity contribution is -0.132. The molecule has 33 heavy (non-hydrogen) atoms. The number of hydrogen-bond acceptors (Lipinski definition) is 6. The minimum Gasteiger partial charge on any atom is -0.340 e. The zero-order chi connectivity index (χ0) is 22.6. The van der Waals surface area contributed by atoms with Gasteiger partial charge in [-0.1, -0.05) is 0 Å². The second-order valence-corrected chi connectivity index (χ2v) is 7.78. The number of halogens is 1. The molecule has 1 aliphatic rings. The van der Waals surface area contributed by atoms with Crippen molar-refractivity contribution < 1.29 is 9.18 Å². The molecule has 0 aliphatic carbocycles. The van der Waals surface area contributed by atoms with Gasteiger partial charge in [0.25, 0.3) is 0 Å². The number of aromatic nitrogens is 5. The van der Waals surface area contributed by atoms with Gasteiger partial charge < -0.3 is 10.2 Å². The topological polar surface area (TPSA) is 88.8 Å². The minimum atomic E-state index is -0.310. The standard InChI is InChI=1S/C24H22FN7O/c25-18-4-6-19(7-5-18)28-24-20-16-31(22(33)9-14-32-12-2-11-27-32)13-8-21(20)29-23(30-24)17-3-1-10-26-15-17/h1-7,10-12,15H,8-9,13-14,16H2,(H,28,29,30). The number of pyridine rings is 1. The lowest BCUT2D eigenvalue weighted by atomic mass is 10.0. The molecular formula is C24H22FN7O. The van der Waals surface area contributed by atoms with Crippen molar-refractivity contribution in [2.75, 3.05) is 11.9 Å². The van der Waals surface area contributed by atoms with Crippen LogP contribution in [0.1, 0.15) is 17.7 Å². The maximum absolute atomic E-state index is 13.4. The minimum absolute atomic E-state index is 0.0558. The van der Waals surface area contributed by atoms with Gasteiger partial charge in [0.2, 0.25) is 5.91 Å². The highest BCUT2D eigenvalue weighted by Crippen LogP contribution is 2.29. The summed E-state index contributed by atoms with van der Waals surface area (Å²) in [4.78, 5) is 28.4. The number of nitrogens with one attached hydrogen (secondary N) is 1. The van der Waals surface area contributed by atoms with E-state index in [1.165, 1.54) is 12.1 Å². The van der Waals surface area contributed by atoms with Crippen molar-refractivity contribution in [2.24, 2.45) is 0 Å². The zero-order valence-electron chi connectivity index (χ0n) is 17.9. The van der Waals surface area contributed by atoms with E-state index in [1.807, 2.05) is 29.3 Å². The Morgan fingerprint density at radius 1 is 1.09 bits per heavy atom. The molecule has 8 nitrogen and oxygen atoms in total. The van der Waals surface area contributed by atoms with E-state index in [-0.39, 0.29) is 11.7 Å². The van der Waals surface area contributed by atoms with Crippen LogP contribution < -0.4 is 5.32 Å². The molecule has 166 valence electrons. The van der Waals surface area contributed by atoms with Gasteiger partial charge in [-0.15, -0.1) is 0 Å². The lowest BCUT2D eigenvalue weighted by Gasteiger charge is -2.30. The Hall–Kier alpha value is -4.14. The molecule has 0 spiro atoms. The fourth-order valence-electron chi connectivity index (χ4n) is 3.83. The summed E-state index contributed by atoms with van der Waals surface area (Å²) in [5.74, 6) is 0.912. The van der Waals surface area contributed by atoms with E-state index < -0.39 is 0 Å². The molecule has 9 heteroatoms. The smallest absolute Gasteiger partial charge is 0.224 e. The Morgan fingerprint density at radius 3 is 2.73 bits per heavy atom. The van der Waals surface area contributed by atoms with Crippen molar-refractivity contribution in [3.05, 3.63) is 84.3 Å². The van der Waals surface area contributed by atoms with Crippen molar-refractivity contribution in [3.8, 4) is 11.4 Å². The van der Waals surface area contributed by atoms with Crippen LogP contribution in [0, 0.1) is 5.82 Å². The van der Waals surface area contributed by atoms with E-state index in [0.717, 1.165) is 16.8 Å². The van der Waals surface area contributed by atoms with Gasteiger partial charge in [0.15, 0.2) is 5.82 Å². The van der Waals surface area contributed by atoms with Crippen LogP contribution >= 0.6 is 0 Å². The maximum Gasteiger partial charge on any atom is 0.224 e. The molecule has 0 saturated heterocycles. The summed E-state index contributed by atoms with van der Waals surface area (Å²) in [6.07, 6.45) is 7.95. The third-order valence-corrected chi connectivity index (χ3v) is 5.55. The second kappa shape index (κ2) is 9.15. The molecular weight excluding hydrogens is 421 g/mol. The summed E-state index contributed by atoms with van der Waals surface area (Å²) in [6.45, 7) is 1.53. The van der Waals surface area contributed by atoms with E-state index in [4.69, 9.17) is 9.97 Å². The van der Waals surface area contributed by atoms with Crippen LogP contribution in [0.3, 0.4) is 0 Å². The zero-order valence-corrected chi connectivity index (χ0v) is 17.9. The fourth-order valence-corrected chi connectivity index (χ4v) is 3.83. The molecule has 0 saturated carbocycles. The van der Waals surface area contributed by atoms with Gasteiger partial charge in [-0.25, -0.2) is 14.4 Å². The van der Waals surface area contributed by atoms with E-state index in [2.05, 4.69) is 15.4 Å². The van der Waals surface area contributed by atoms with Crippen molar-refractivity contribution in [2.45, 2.75) is 25.9 Å². The molecule has 0 bridgehead atoms. The SMILES string of the molecule is O=C(CCn1cccn1)N1CCc2nc(-c3cccnc3)nc(Nc3ccc(F)cc3)c2C1. The number of rotatable bonds is 6. The highest BCUT2D eigenvalue weighted by atomic mass is 19.1. The van der Waals surface area contributed by atoms with Gasteiger partial charge in [0, 0.05) is 67.5 Å². The average Bonchev–Trinajstić information content (AvgIpc) is 3.38. The number of hydrogen-bond donors (Lipinski definition) is 1. The number of amides is 1. The summed E-state index contributed by atoms with van der Waals surface area (Å²) in [7, 11) is 0. The molecule has 4 aromatic rings. The molecule has 1 N–H and O–H groups in total. The van der Waals surface area contributed by atoms with Crippen molar-refractivity contribution >= 4 is 17.4 Å². The Morgan fingerprint density at radius 2 is 1.97 bits per heavy atom. The van der Waals surface area contributed by atoms with Crippen LogP contribution in [-0.4, -0.2) is 42.1 Å².